The number of nitro groups is 1. The number of benzene rings is 1. The van der Waals surface area contributed by atoms with Gasteiger partial charge >= 0.3 is 0 Å². The average molecular weight is 288 g/mol. The molecule has 1 aromatic rings. The highest BCUT2D eigenvalue weighted by molar-refractivity contribution is 5.63. The summed E-state index contributed by atoms with van der Waals surface area (Å²) < 4.78 is 0. The van der Waals surface area contributed by atoms with Crippen molar-refractivity contribution in [3.05, 3.63) is 33.9 Å². The summed E-state index contributed by atoms with van der Waals surface area (Å²) in [5.74, 6) is 0.680. The summed E-state index contributed by atoms with van der Waals surface area (Å²) in [5, 5.41) is 20.0. The molecule has 21 heavy (non-hydrogen) atoms. The van der Waals surface area contributed by atoms with E-state index in [0.29, 0.717) is 11.5 Å². The first-order valence-corrected chi connectivity index (χ1v) is 7.09. The highest BCUT2D eigenvalue weighted by Crippen LogP contribution is 2.29. The van der Waals surface area contributed by atoms with Crippen LogP contribution in [0.3, 0.4) is 0 Å². The summed E-state index contributed by atoms with van der Waals surface area (Å²) in [5.41, 5.74) is 1.17. The molecule has 0 N–H and O–H groups in total. The molecule has 0 aromatic heterocycles. The minimum absolute atomic E-state index is 0.0298. The zero-order valence-corrected chi connectivity index (χ0v) is 12.5. The van der Waals surface area contributed by atoms with E-state index in [1.807, 2.05) is 0 Å². The van der Waals surface area contributed by atoms with Crippen LogP contribution in [0.25, 0.3) is 0 Å². The number of anilines is 1. The monoisotopic (exact) mass is 288 g/mol. The van der Waals surface area contributed by atoms with Crippen molar-refractivity contribution in [3.8, 4) is 6.07 Å². The van der Waals surface area contributed by atoms with Gasteiger partial charge in [-0.05, 0) is 38.9 Å². The van der Waals surface area contributed by atoms with Crippen LogP contribution >= 0.6 is 0 Å². The normalized spacial score (nSPS) is 16.0. The molecule has 0 amide bonds. The SMILES string of the molecule is CN(C)CC1CCN(c2ccc([N+](=O)[O-])cc2C#N)CC1. The van der Waals surface area contributed by atoms with Gasteiger partial charge in [-0.25, -0.2) is 0 Å². The molecule has 0 bridgehead atoms. The molecule has 0 atom stereocenters. The van der Waals surface area contributed by atoms with Crippen molar-refractivity contribution in [2.75, 3.05) is 38.6 Å². The number of hydrogen-bond donors (Lipinski definition) is 0. The summed E-state index contributed by atoms with van der Waals surface area (Å²) in [6.45, 7) is 2.87. The Bertz CT molecular complexity index is 557. The number of nitriles is 1. The molecule has 1 aromatic carbocycles. The molecule has 0 unspecified atom stereocenters. The van der Waals surface area contributed by atoms with Crippen LogP contribution in [0, 0.1) is 27.4 Å². The van der Waals surface area contributed by atoms with E-state index in [9.17, 15) is 15.4 Å². The van der Waals surface area contributed by atoms with Gasteiger partial charge in [0.05, 0.1) is 16.2 Å². The molecule has 6 nitrogen and oxygen atoms in total. The van der Waals surface area contributed by atoms with E-state index in [0.717, 1.165) is 38.2 Å². The molecule has 1 aliphatic heterocycles. The third-order valence-corrected chi connectivity index (χ3v) is 3.89. The fourth-order valence-electron chi connectivity index (χ4n) is 2.88. The van der Waals surface area contributed by atoms with Crippen LogP contribution in [0.2, 0.25) is 0 Å². The minimum Gasteiger partial charge on any atom is -0.370 e. The quantitative estimate of drug-likeness (QED) is 0.627. The van der Waals surface area contributed by atoms with Crippen LogP contribution in [0.4, 0.5) is 11.4 Å². The van der Waals surface area contributed by atoms with E-state index in [1.165, 1.54) is 12.1 Å². The number of nitrogens with zero attached hydrogens (tertiary/aromatic N) is 4. The Hall–Kier alpha value is -2.13. The van der Waals surface area contributed by atoms with E-state index in [1.54, 1.807) is 6.07 Å². The Kier molecular flexibility index (Phi) is 4.76. The summed E-state index contributed by atoms with van der Waals surface area (Å²) >= 11 is 0. The lowest BCUT2D eigenvalue weighted by Crippen LogP contribution is -2.37. The van der Waals surface area contributed by atoms with Gasteiger partial charge in [-0.3, -0.25) is 10.1 Å². The lowest BCUT2D eigenvalue weighted by atomic mass is 9.95. The molecule has 1 heterocycles. The Morgan fingerprint density at radius 3 is 2.62 bits per heavy atom. The zero-order chi connectivity index (χ0) is 15.4. The lowest BCUT2D eigenvalue weighted by Gasteiger charge is -2.35. The van der Waals surface area contributed by atoms with Crippen molar-refractivity contribution < 1.29 is 4.92 Å². The van der Waals surface area contributed by atoms with Gasteiger partial charge in [-0.2, -0.15) is 5.26 Å². The van der Waals surface area contributed by atoms with Crippen molar-refractivity contribution in [1.82, 2.24) is 4.90 Å². The number of rotatable bonds is 4. The second kappa shape index (κ2) is 6.55. The fourth-order valence-corrected chi connectivity index (χ4v) is 2.88. The van der Waals surface area contributed by atoms with Gasteiger partial charge in [-0.15, -0.1) is 0 Å². The van der Waals surface area contributed by atoms with E-state index in [-0.39, 0.29) is 5.69 Å². The first kappa shape index (κ1) is 15.3. The van der Waals surface area contributed by atoms with Gasteiger partial charge in [0.2, 0.25) is 0 Å². The minimum atomic E-state index is -0.464. The number of non-ortho nitro benzene ring substituents is 1. The summed E-state index contributed by atoms with van der Waals surface area (Å²) in [6.07, 6.45) is 2.17. The maximum absolute atomic E-state index is 10.8. The van der Waals surface area contributed by atoms with Gasteiger partial charge in [0, 0.05) is 31.8 Å². The van der Waals surface area contributed by atoms with Gasteiger partial charge < -0.3 is 9.80 Å². The Morgan fingerprint density at radius 1 is 1.43 bits per heavy atom. The summed E-state index contributed by atoms with van der Waals surface area (Å²) in [7, 11) is 4.16. The van der Waals surface area contributed by atoms with Crippen molar-refractivity contribution in [2.45, 2.75) is 12.8 Å². The number of hydrogen-bond acceptors (Lipinski definition) is 5. The number of piperidine rings is 1. The molecule has 1 aliphatic rings. The average Bonchev–Trinajstić information content (AvgIpc) is 2.46. The van der Waals surface area contributed by atoms with Crippen molar-refractivity contribution in [1.29, 1.82) is 5.26 Å². The van der Waals surface area contributed by atoms with Gasteiger partial charge in [-0.1, -0.05) is 0 Å². The number of nitro benzene ring substituents is 1. The van der Waals surface area contributed by atoms with Gasteiger partial charge in [0.25, 0.3) is 5.69 Å². The molecule has 0 aliphatic carbocycles. The summed E-state index contributed by atoms with van der Waals surface area (Å²) in [6, 6.07) is 6.61. The molecular formula is C15H20N4O2. The van der Waals surface area contributed by atoms with E-state index in [4.69, 9.17) is 0 Å². The topological polar surface area (TPSA) is 73.4 Å². The first-order valence-electron chi connectivity index (χ1n) is 7.09. The molecule has 0 saturated carbocycles. The van der Waals surface area contributed by atoms with Crippen molar-refractivity contribution in [2.24, 2.45) is 5.92 Å². The lowest BCUT2D eigenvalue weighted by molar-refractivity contribution is -0.384. The maximum atomic E-state index is 10.8. The Labute approximate surface area is 124 Å². The third-order valence-electron chi connectivity index (χ3n) is 3.89. The third kappa shape index (κ3) is 3.70. The molecule has 112 valence electrons. The van der Waals surface area contributed by atoms with Crippen molar-refractivity contribution >= 4 is 11.4 Å². The van der Waals surface area contributed by atoms with E-state index in [2.05, 4.69) is 30.0 Å². The molecule has 0 radical (unpaired) electrons. The van der Waals surface area contributed by atoms with E-state index < -0.39 is 4.92 Å². The first-order chi connectivity index (χ1) is 10.0. The predicted molar refractivity (Wildman–Crippen MR) is 81.3 cm³/mol. The van der Waals surface area contributed by atoms with Crippen LogP contribution in [0.5, 0.6) is 0 Å². The second-order valence-corrected chi connectivity index (χ2v) is 5.76. The van der Waals surface area contributed by atoms with E-state index >= 15 is 0 Å². The van der Waals surface area contributed by atoms with Crippen LogP contribution in [-0.2, 0) is 0 Å². The molecule has 1 fully saturated rings. The van der Waals surface area contributed by atoms with Gasteiger partial charge in [0.1, 0.15) is 6.07 Å². The smallest absolute Gasteiger partial charge is 0.270 e. The molecule has 0 spiro atoms. The Balaban J connectivity index is 2.10. The highest BCUT2D eigenvalue weighted by Gasteiger charge is 2.22. The summed E-state index contributed by atoms with van der Waals surface area (Å²) in [4.78, 5) is 14.7. The Morgan fingerprint density at radius 2 is 2.10 bits per heavy atom. The molecule has 6 heteroatoms. The molecule has 1 saturated heterocycles. The largest absolute Gasteiger partial charge is 0.370 e. The second-order valence-electron chi connectivity index (χ2n) is 5.76. The maximum Gasteiger partial charge on any atom is 0.270 e. The molecule has 2 rings (SSSR count). The van der Waals surface area contributed by atoms with Gasteiger partial charge in [0.15, 0.2) is 0 Å². The van der Waals surface area contributed by atoms with Crippen LogP contribution in [-0.4, -0.2) is 43.6 Å². The fraction of sp³-hybridized carbons (Fsp3) is 0.533. The van der Waals surface area contributed by atoms with Crippen molar-refractivity contribution in [3.63, 3.8) is 0 Å². The zero-order valence-electron chi connectivity index (χ0n) is 12.5. The van der Waals surface area contributed by atoms with Crippen LogP contribution in [0.15, 0.2) is 18.2 Å². The highest BCUT2D eigenvalue weighted by atomic mass is 16.6. The standard InChI is InChI=1S/C15H20N4O2/c1-17(2)11-12-5-7-18(8-6-12)15-4-3-14(19(20)21)9-13(15)10-16/h3-4,9,12H,5-8,11H2,1-2H3. The predicted octanol–water partition coefficient (Wildman–Crippen LogP) is 2.24. The van der Waals surface area contributed by atoms with Crippen LogP contribution < -0.4 is 4.90 Å². The molecular weight excluding hydrogens is 268 g/mol. The van der Waals surface area contributed by atoms with Crippen LogP contribution in [0.1, 0.15) is 18.4 Å².